The minimum Gasteiger partial charge on any atom is -0.462 e. The zero-order chi connectivity index (χ0) is 8.01. The van der Waals surface area contributed by atoms with Crippen LogP contribution in [0.2, 0.25) is 0 Å². The molecule has 0 radical (unpaired) electrons. The van der Waals surface area contributed by atoms with Crippen LogP contribution >= 0.6 is 0 Å². The third-order valence-corrected chi connectivity index (χ3v) is 2.65. The Morgan fingerprint density at radius 3 is 2.55 bits per heavy atom. The van der Waals surface area contributed by atoms with Gasteiger partial charge in [0.2, 0.25) is 0 Å². The van der Waals surface area contributed by atoms with Gasteiger partial charge in [0.05, 0.1) is 6.10 Å². The number of carbonyl (C=O) groups excluding carboxylic acids is 1. The van der Waals surface area contributed by atoms with Gasteiger partial charge in [-0.25, -0.2) is 0 Å². The van der Waals surface area contributed by atoms with Crippen molar-refractivity contribution in [3.05, 3.63) is 0 Å². The van der Waals surface area contributed by atoms with Crippen molar-refractivity contribution in [1.82, 2.24) is 0 Å². The van der Waals surface area contributed by atoms with Crippen LogP contribution in [0.15, 0.2) is 0 Å². The number of carbonyl (C=O) groups is 1. The summed E-state index contributed by atoms with van der Waals surface area (Å²) in [5.74, 6) is 0.669. The minimum atomic E-state index is -0.227. The molecular formula is C8H12O3. The van der Waals surface area contributed by atoms with Crippen molar-refractivity contribution < 1.29 is 14.6 Å². The summed E-state index contributed by atoms with van der Waals surface area (Å²) in [5.41, 5.74) is 0. The zero-order valence-corrected chi connectivity index (χ0v) is 6.49. The van der Waals surface area contributed by atoms with E-state index in [-0.39, 0.29) is 18.2 Å². The fourth-order valence-corrected chi connectivity index (χ4v) is 2.04. The molecule has 0 bridgehead atoms. The molecule has 1 N–H and O–H groups in total. The second-order valence-corrected chi connectivity index (χ2v) is 3.51. The summed E-state index contributed by atoms with van der Waals surface area (Å²) in [7, 11) is 0. The van der Waals surface area contributed by atoms with Gasteiger partial charge < -0.3 is 9.84 Å². The molecule has 11 heavy (non-hydrogen) atoms. The van der Waals surface area contributed by atoms with Crippen LogP contribution < -0.4 is 0 Å². The van der Waals surface area contributed by atoms with E-state index >= 15 is 0 Å². The lowest BCUT2D eigenvalue weighted by molar-refractivity contribution is -0.147. The van der Waals surface area contributed by atoms with Gasteiger partial charge in [-0.3, -0.25) is 4.79 Å². The summed E-state index contributed by atoms with van der Waals surface area (Å²) in [6, 6.07) is 0. The van der Waals surface area contributed by atoms with Gasteiger partial charge in [0.15, 0.2) is 0 Å². The summed E-state index contributed by atoms with van der Waals surface area (Å²) >= 11 is 0. The van der Waals surface area contributed by atoms with Gasteiger partial charge in [0.25, 0.3) is 0 Å². The maximum atomic E-state index is 10.6. The van der Waals surface area contributed by atoms with Crippen molar-refractivity contribution >= 4 is 5.97 Å². The lowest BCUT2D eigenvalue weighted by Crippen LogP contribution is -2.18. The van der Waals surface area contributed by atoms with E-state index in [4.69, 9.17) is 4.74 Å². The van der Waals surface area contributed by atoms with Crippen molar-refractivity contribution in [2.75, 3.05) is 0 Å². The highest BCUT2D eigenvalue weighted by Crippen LogP contribution is 2.53. The minimum absolute atomic E-state index is 0.00694. The van der Waals surface area contributed by atoms with Gasteiger partial charge >= 0.3 is 5.97 Å². The van der Waals surface area contributed by atoms with Crippen LogP contribution in [0.3, 0.4) is 0 Å². The summed E-state index contributed by atoms with van der Waals surface area (Å²) in [4.78, 5) is 10.6. The normalized spacial score (nSPS) is 46.7. The largest absolute Gasteiger partial charge is 0.462 e. The molecule has 2 aliphatic carbocycles. The number of ether oxygens (including phenoxy) is 1. The fraction of sp³-hybridized carbons (Fsp3) is 0.875. The number of hydrogen-bond acceptors (Lipinski definition) is 3. The summed E-state index contributed by atoms with van der Waals surface area (Å²) in [5, 5.41) is 9.33. The highest BCUT2D eigenvalue weighted by Gasteiger charge is 2.55. The Hall–Kier alpha value is -0.570. The third kappa shape index (κ3) is 1.13. The molecule has 3 heteroatoms. The van der Waals surface area contributed by atoms with Gasteiger partial charge in [0, 0.05) is 19.3 Å². The Morgan fingerprint density at radius 1 is 1.45 bits per heavy atom. The smallest absolute Gasteiger partial charge is 0.302 e. The molecule has 4 atom stereocenters. The van der Waals surface area contributed by atoms with Crippen LogP contribution in [0.5, 0.6) is 0 Å². The summed E-state index contributed by atoms with van der Waals surface area (Å²) in [6.07, 6.45) is 1.48. The van der Waals surface area contributed by atoms with E-state index in [0.29, 0.717) is 18.3 Å². The Kier molecular flexibility index (Phi) is 1.42. The number of aliphatic hydroxyl groups is 1. The molecule has 2 fully saturated rings. The Morgan fingerprint density at radius 2 is 2.18 bits per heavy atom. The maximum Gasteiger partial charge on any atom is 0.302 e. The van der Waals surface area contributed by atoms with Gasteiger partial charge in [-0.15, -0.1) is 0 Å². The average Bonchev–Trinajstić information content (AvgIpc) is 2.57. The number of fused-ring (bicyclic) bond motifs is 1. The van der Waals surface area contributed by atoms with Gasteiger partial charge in [0.1, 0.15) is 6.10 Å². The molecule has 0 aromatic rings. The molecule has 62 valence electrons. The molecule has 2 aliphatic rings. The second-order valence-electron chi connectivity index (χ2n) is 3.51. The lowest BCUT2D eigenvalue weighted by atomic mass is 10.2. The Bertz CT molecular complexity index is 190. The predicted molar refractivity (Wildman–Crippen MR) is 37.8 cm³/mol. The van der Waals surface area contributed by atoms with Crippen molar-refractivity contribution in [1.29, 1.82) is 0 Å². The standard InChI is InChI=1S/C8H12O3/c1-4(9)11-8-3-7(10)5-2-6(5)8/h5-8,10H,2-3H2,1H3/t5-,6+,7-,8+/m1/s1. The first-order chi connectivity index (χ1) is 5.18. The molecule has 0 amide bonds. The topological polar surface area (TPSA) is 46.5 Å². The van der Waals surface area contributed by atoms with E-state index in [2.05, 4.69) is 0 Å². The Balaban J connectivity index is 1.92. The van der Waals surface area contributed by atoms with Crippen LogP contribution in [-0.2, 0) is 9.53 Å². The molecule has 0 spiro atoms. The lowest BCUT2D eigenvalue weighted by Gasteiger charge is -2.12. The molecule has 0 saturated heterocycles. The van der Waals surface area contributed by atoms with Crippen molar-refractivity contribution in [3.63, 3.8) is 0 Å². The molecule has 3 nitrogen and oxygen atoms in total. The first-order valence-corrected chi connectivity index (χ1v) is 4.04. The third-order valence-electron chi connectivity index (χ3n) is 2.65. The monoisotopic (exact) mass is 156 g/mol. The van der Waals surface area contributed by atoms with Crippen molar-refractivity contribution in [2.45, 2.75) is 32.0 Å². The van der Waals surface area contributed by atoms with Crippen molar-refractivity contribution in [2.24, 2.45) is 11.8 Å². The maximum absolute atomic E-state index is 10.6. The van der Waals surface area contributed by atoms with E-state index in [1.807, 2.05) is 0 Å². The van der Waals surface area contributed by atoms with Crippen molar-refractivity contribution in [3.8, 4) is 0 Å². The second kappa shape index (κ2) is 2.21. The van der Waals surface area contributed by atoms with Gasteiger partial charge in [-0.2, -0.15) is 0 Å². The van der Waals surface area contributed by atoms with E-state index < -0.39 is 0 Å². The molecule has 0 heterocycles. The van der Waals surface area contributed by atoms with Gasteiger partial charge in [-0.05, 0) is 12.3 Å². The first kappa shape index (κ1) is 7.10. The number of aliphatic hydroxyl groups excluding tert-OH is 1. The molecule has 0 aliphatic heterocycles. The van der Waals surface area contributed by atoms with Crippen LogP contribution in [0.4, 0.5) is 0 Å². The van der Waals surface area contributed by atoms with Gasteiger partial charge in [-0.1, -0.05) is 0 Å². The molecule has 0 unspecified atom stereocenters. The van der Waals surface area contributed by atoms with Crippen LogP contribution in [0.1, 0.15) is 19.8 Å². The fourth-order valence-electron chi connectivity index (χ4n) is 2.04. The highest BCUT2D eigenvalue weighted by molar-refractivity contribution is 5.66. The zero-order valence-electron chi connectivity index (χ0n) is 6.49. The average molecular weight is 156 g/mol. The van der Waals surface area contributed by atoms with E-state index in [1.165, 1.54) is 6.92 Å². The predicted octanol–water partition coefficient (Wildman–Crippen LogP) is 0.319. The first-order valence-electron chi connectivity index (χ1n) is 4.04. The highest BCUT2D eigenvalue weighted by atomic mass is 16.5. The Labute approximate surface area is 65.4 Å². The molecular weight excluding hydrogens is 144 g/mol. The van der Waals surface area contributed by atoms with Crippen LogP contribution in [0, 0.1) is 11.8 Å². The number of hydrogen-bond donors (Lipinski definition) is 1. The van der Waals surface area contributed by atoms with E-state index in [9.17, 15) is 9.90 Å². The van der Waals surface area contributed by atoms with E-state index in [1.54, 1.807) is 0 Å². The van der Waals surface area contributed by atoms with E-state index in [0.717, 1.165) is 6.42 Å². The molecule has 0 aromatic carbocycles. The molecule has 0 aromatic heterocycles. The number of esters is 1. The quantitative estimate of drug-likeness (QED) is 0.556. The SMILES string of the molecule is CC(=O)O[C@H]1C[C@@H](O)[C@@H]2C[C@@H]21. The molecule has 2 rings (SSSR count). The van der Waals surface area contributed by atoms with Crippen LogP contribution in [-0.4, -0.2) is 23.3 Å². The molecule has 2 saturated carbocycles. The summed E-state index contributed by atoms with van der Waals surface area (Å²) < 4.78 is 5.04. The number of rotatable bonds is 1. The van der Waals surface area contributed by atoms with Crippen LogP contribution in [0.25, 0.3) is 0 Å². The summed E-state index contributed by atoms with van der Waals surface area (Å²) in [6.45, 7) is 1.42.